The highest BCUT2D eigenvalue weighted by atomic mass is 15.1. The average Bonchev–Trinajstić information content (AvgIpc) is 2.57. The summed E-state index contributed by atoms with van der Waals surface area (Å²) in [5.74, 6) is 0. The summed E-state index contributed by atoms with van der Waals surface area (Å²) in [5, 5.41) is 0. The number of aromatic nitrogens is 2. The molecule has 16 heavy (non-hydrogen) atoms. The molecule has 2 aromatic rings. The van der Waals surface area contributed by atoms with E-state index in [2.05, 4.69) is 27.7 Å². The van der Waals surface area contributed by atoms with Gasteiger partial charge in [-0.1, -0.05) is 0 Å². The minimum atomic E-state index is 0.660. The second-order valence-electron chi connectivity index (χ2n) is 4.23. The molecule has 2 heterocycles. The summed E-state index contributed by atoms with van der Waals surface area (Å²) in [6, 6.07) is 2.04. The monoisotopic (exact) mass is 218 g/mol. The van der Waals surface area contributed by atoms with E-state index >= 15 is 0 Å². The zero-order chi connectivity index (χ0) is 11.7. The number of rotatable bonds is 3. The maximum atomic E-state index is 5.61. The topological polar surface area (TPSA) is 47.1 Å². The first kappa shape index (κ1) is 11.0. The highest BCUT2D eigenvalue weighted by Gasteiger charge is 2.11. The SMILES string of the molecule is CN(C)c1ccnc2c(CCN)cn(C)c12. The molecule has 2 N–H and O–H groups in total. The van der Waals surface area contributed by atoms with E-state index < -0.39 is 0 Å². The molecule has 0 aliphatic rings. The van der Waals surface area contributed by atoms with Crippen LogP contribution in [0.4, 0.5) is 5.69 Å². The van der Waals surface area contributed by atoms with Crippen LogP contribution in [0, 0.1) is 0 Å². The Morgan fingerprint density at radius 3 is 2.81 bits per heavy atom. The molecule has 0 amide bonds. The molecule has 0 aromatic carbocycles. The molecule has 86 valence electrons. The van der Waals surface area contributed by atoms with Gasteiger partial charge in [-0.25, -0.2) is 0 Å². The highest BCUT2D eigenvalue weighted by molar-refractivity contribution is 5.91. The molecule has 2 aromatic heterocycles. The van der Waals surface area contributed by atoms with Crippen LogP contribution >= 0.6 is 0 Å². The van der Waals surface area contributed by atoms with Crippen molar-refractivity contribution in [1.29, 1.82) is 0 Å². The van der Waals surface area contributed by atoms with E-state index in [1.54, 1.807) is 0 Å². The van der Waals surface area contributed by atoms with Gasteiger partial charge in [-0.15, -0.1) is 0 Å². The molecule has 4 nitrogen and oxygen atoms in total. The Labute approximate surface area is 95.7 Å². The predicted octanol–water partition coefficient (Wildman–Crippen LogP) is 1.14. The van der Waals surface area contributed by atoms with Gasteiger partial charge in [0.25, 0.3) is 0 Å². The second-order valence-corrected chi connectivity index (χ2v) is 4.23. The van der Waals surface area contributed by atoms with Crippen LogP contribution in [0.15, 0.2) is 18.5 Å². The Bertz CT molecular complexity index is 499. The van der Waals surface area contributed by atoms with E-state index in [0.29, 0.717) is 6.54 Å². The molecule has 0 atom stereocenters. The Balaban J connectivity index is 2.69. The zero-order valence-corrected chi connectivity index (χ0v) is 10.1. The molecule has 0 radical (unpaired) electrons. The van der Waals surface area contributed by atoms with Crippen LogP contribution in [0.25, 0.3) is 11.0 Å². The molecule has 0 fully saturated rings. The number of nitrogens with two attached hydrogens (primary N) is 1. The summed E-state index contributed by atoms with van der Waals surface area (Å²) in [5.41, 5.74) is 10.3. The van der Waals surface area contributed by atoms with Crippen molar-refractivity contribution >= 4 is 16.7 Å². The van der Waals surface area contributed by atoms with Gasteiger partial charge < -0.3 is 15.2 Å². The van der Waals surface area contributed by atoms with Crippen LogP contribution in [0.1, 0.15) is 5.56 Å². The van der Waals surface area contributed by atoms with Crippen LogP contribution in [-0.4, -0.2) is 30.2 Å². The second kappa shape index (κ2) is 4.14. The van der Waals surface area contributed by atoms with Gasteiger partial charge in [-0.3, -0.25) is 4.98 Å². The lowest BCUT2D eigenvalue weighted by atomic mass is 10.2. The third-order valence-electron chi connectivity index (χ3n) is 2.80. The minimum Gasteiger partial charge on any atom is -0.376 e. The van der Waals surface area contributed by atoms with Crippen molar-refractivity contribution in [3.05, 3.63) is 24.0 Å². The van der Waals surface area contributed by atoms with Crippen LogP contribution in [0.2, 0.25) is 0 Å². The lowest BCUT2D eigenvalue weighted by molar-refractivity contribution is 0.926. The largest absolute Gasteiger partial charge is 0.376 e. The van der Waals surface area contributed by atoms with Gasteiger partial charge in [0.05, 0.1) is 16.7 Å². The summed E-state index contributed by atoms with van der Waals surface area (Å²) in [6.45, 7) is 0.660. The molecule has 0 saturated heterocycles. The van der Waals surface area contributed by atoms with Crippen molar-refractivity contribution in [3.63, 3.8) is 0 Å². The maximum Gasteiger partial charge on any atom is 0.0934 e. The van der Waals surface area contributed by atoms with E-state index in [-0.39, 0.29) is 0 Å². The fourth-order valence-electron chi connectivity index (χ4n) is 2.09. The first-order valence-electron chi connectivity index (χ1n) is 5.45. The number of aryl methyl sites for hydroxylation is 1. The van der Waals surface area contributed by atoms with E-state index in [0.717, 1.165) is 11.9 Å². The number of fused-ring (bicyclic) bond motifs is 1. The number of hydrogen-bond donors (Lipinski definition) is 1. The van der Waals surface area contributed by atoms with Crippen molar-refractivity contribution in [3.8, 4) is 0 Å². The molecular weight excluding hydrogens is 200 g/mol. The van der Waals surface area contributed by atoms with Gasteiger partial charge in [0.1, 0.15) is 0 Å². The van der Waals surface area contributed by atoms with Crippen LogP contribution < -0.4 is 10.6 Å². The smallest absolute Gasteiger partial charge is 0.0934 e. The minimum absolute atomic E-state index is 0.660. The van der Waals surface area contributed by atoms with E-state index in [1.807, 2.05) is 26.4 Å². The van der Waals surface area contributed by atoms with Crippen molar-refractivity contribution in [2.24, 2.45) is 12.8 Å². The van der Waals surface area contributed by atoms with E-state index in [4.69, 9.17) is 5.73 Å². The van der Waals surface area contributed by atoms with Gasteiger partial charge >= 0.3 is 0 Å². The third-order valence-corrected chi connectivity index (χ3v) is 2.80. The number of anilines is 1. The summed E-state index contributed by atoms with van der Waals surface area (Å²) >= 11 is 0. The lowest BCUT2D eigenvalue weighted by Crippen LogP contribution is -2.10. The summed E-state index contributed by atoms with van der Waals surface area (Å²) in [4.78, 5) is 6.57. The summed E-state index contributed by atoms with van der Waals surface area (Å²) in [6.07, 6.45) is 4.86. The molecule has 0 bridgehead atoms. The van der Waals surface area contributed by atoms with Gasteiger partial charge in [0.15, 0.2) is 0 Å². The predicted molar refractivity (Wildman–Crippen MR) is 67.8 cm³/mol. The molecular formula is C12H18N4. The molecule has 0 unspecified atom stereocenters. The number of pyridine rings is 1. The summed E-state index contributed by atoms with van der Waals surface area (Å²) in [7, 11) is 6.14. The number of hydrogen-bond acceptors (Lipinski definition) is 3. The first-order chi connectivity index (χ1) is 7.65. The zero-order valence-electron chi connectivity index (χ0n) is 10.1. The van der Waals surface area contributed by atoms with Crippen molar-refractivity contribution in [2.75, 3.05) is 25.5 Å². The fraction of sp³-hybridized carbons (Fsp3) is 0.417. The van der Waals surface area contributed by atoms with Gasteiger partial charge in [-0.2, -0.15) is 0 Å². The van der Waals surface area contributed by atoms with Crippen LogP contribution in [0.3, 0.4) is 0 Å². The van der Waals surface area contributed by atoms with Gasteiger partial charge in [0, 0.05) is 33.5 Å². The quantitative estimate of drug-likeness (QED) is 0.840. The van der Waals surface area contributed by atoms with E-state index in [1.165, 1.54) is 16.8 Å². The normalized spacial score (nSPS) is 11.0. The average molecular weight is 218 g/mol. The Morgan fingerprint density at radius 2 is 2.19 bits per heavy atom. The molecule has 4 heteroatoms. The molecule has 0 aliphatic heterocycles. The lowest BCUT2D eigenvalue weighted by Gasteiger charge is -2.14. The van der Waals surface area contributed by atoms with Gasteiger partial charge in [-0.05, 0) is 24.6 Å². The fourth-order valence-corrected chi connectivity index (χ4v) is 2.09. The highest BCUT2D eigenvalue weighted by Crippen LogP contribution is 2.27. The van der Waals surface area contributed by atoms with Crippen molar-refractivity contribution in [2.45, 2.75) is 6.42 Å². The van der Waals surface area contributed by atoms with Crippen molar-refractivity contribution < 1.29 is 0 Å². The molecule has 0 aliphatic carbocycles. The number of nitrogens with zero attached hydrogens (tertiary/aromatic N) is 3. The van der Waals surface area contributed by atoms with Gasteiger partial charge in [0.2, 0.25) is 0 Å². The van der Waals surface area contributed by atoms with E-state index in [9.17, 15) is 0 Å². The Hall–Kier alpha value is -1.55. The van der Waals surface area contributed by atoms with Crippen LogP contribution in [0.5, 0.6) is 0 Å². The Morgan fingerprint density at radius 1 is 1.44 bits per heavy atom. The van der Waals surface area contributed by atoms with Crippen molar-refractivity contribution in [1.82, 2.24) is 9.55 Å². The third kappa shape index (κ3) is 1.65. The molecule has 0 spiro atoms. The standard InChI is InChI=1S/C12H18N4/c1-15(2)10-5-7-14-11-9(4-6-13)8-16(3)12(10)11/h5,7-8H,4,6,13H2,1-3H3. The maximum absolute atomic E-state index is 5.61. The summed E-state index contributed by atoms with van der Waals surface area (Å²) < 4.78 is 2.13. The molecule has 2 rings (SSSR count). The van der Waals surface area contributed by atoms with Crippen LogP contribution in [-0.2, 0) is 13.5 Å². The first-order valence-corrected chi connectivity index (χ1v) is 5.45. The molecule has 0 saturated carbocycles. The Kier molecular flexibility index (Phi) is 2.83.